The standard InChI is InChI=1S/C23H20N4O3/c1-23(21(29)26-22(30)27-23)13-6-4-7-14(12-13)24-20(28)19-15-8-2-3-10-17(15)25-18-11-5-9-16(18)19/h2-4,6-8,10,12H,5,9,11H2,1H3,(H,24,28)(H2,26,27,29,30). The first-order valence-corrected chi connectivity index (χ1v) is 9.92. The molecule has 30 heavy (non-hydrogen) atoms. The number of anilines is 1. The van der Waals surface area contributed by atoms with Crippen LogP contribution in [0.15, 0.2) is 48.5 Å². The van der Waals surface area contributed by atoms with Crippen molar-refractivity contribution in [2.45, 2.75) is 31.7 Å². The van der Waals surface area contributed by atoms with E-state index in [1.54, 1.807) is 31.2 Å². The molecule has 5 rings (SSSR count). The van der Waals surface area contributed by atoms with E-state index in [1.807, 2.05) is 24.3 Å². The molecule has 150 valence electrons. The van der Waals surface area contributed by atoms with Crippen LogP contribution in [0.5, 0.6) is 0 Å². The molecule has 0 saturated carbocycles. The van der Waals surface area contributed by atoms with Crippen LogP contribution in [0.2, 0.25) is 0 Å². The van der Waals surface area contributed by atoms with Crippen molar-refractivity contribution in [1.29, 1.82) is 0 Å². The first-order chi connectivity index (χ1) is 14.5. The van der Waals surface area contributed by atoms with Crippen LogP contribution in [0.25, 0.3) is 10.9 Å². The zero-order valence-electron chi connectivity index (χ0n) is 16.4. The molecule has 1 aliphatic carbocycles. The van der Waals surface area contributed by atoms with Crippen molar-refractivity contribution in [3.63, 3.8) is 0 Å². The van der Waals surface area contributed by atoms with Crippen molar-refractivity contribution in [3.8, 4) is 0 Å². The number of fused-ring (bicyclic) bond motifs is 2. The van der Waals surface area contributed by atoms with Gasteiger partial charge in [0, 0.05) is 16.8 Å². The van der Waals surface area contributed by atoms with Crippen molar-refractivity contribution in [1.82, 2.24) is 15.6 Å². The first kappa shape index (κ1) is 18.3. The normalized spacial score (nSPS) is 20.0. The third kappa shape index (κ3) is 2.82. The lowest BCUT2D eigenvalue weighted by atomic mass is 9.92. The number of carbonyl (C=O) groups excluding carboxylic acids is 3. The summed E-state index contributed by atoms with van der Waals surface area (Å²) in [4.78, 5) is 41.9. The van der Waals surface area contributed by atoms with Crippen LogP contribution in [0.1, 0.15) is 40.5 Å². The van der Waals surface area contributed by atoms with Crippen LogP contribution in [-0.2, 0) is 23.2 Å². The van der Waals surface area contributed by atoms with Gasteiger partial charge in [0.25, 0.3) is 11.8 Å². The molecule has 7 nitrogen and oxygen atoms in total. The number of hydrogen-bond acceptors (Lipinski definition) is 4. The Morgan fingerprint density at radius 2 is 1.93 bits per heavy atom. The fourth-order valence-electron chi connectivity index (χ4n) is 4.32. The lowest BCUT2D eigenvalue weighted by molar-refractivity contribution is -0.123. The Bertz CT molecular complexity index is 1240. The molecule has 2 aromatic carbocycles. The van der Waals surface area contributed by atoms with Crippen molar-refractivity contribution in [2.24, 2.45) is 0 Å². The van der Waals surface area contributed by atoms with Crippen LogP contribution >= 0.6 is 0 Å². The van der Waals surface area contributed by atoms with Gasteiger partial charge in [0.1, 0.15) is 5.54 Å². The number of para-hydroxylation sites is 1. The minimum Gasteiger partial charge on any atom is -0.322 e. The van der Waals surface area contributed by atoms with Crippen LogP contribution < -0.4 is 16.0 Å². The molecule has 4 amide bonds. The molecule has 1 aliphatic heterocycles. The van der Waals surface area contributed by atoms with Gasteiger partial charge in [0.05, 0.1) is 11.1 Å². The quantitative estimate of drug-likeness (QED) is 0.589. The van der Waals surface area contributed by atoms with E-state index in [0.29, 0.717) is 16.8 Å². The van der Waals surface area contributed by atoms with E-state index in [0.717, 1.165) is 41.4 Å². The highest BCUT2D eigenvalue weighted by Crippen LogP contribution is 2.31. The van der Waals surface area contributed by atoms with Gasteiger partial charge >= 0.3 is 6.03 Å². The van der Waals surface area contributed by atoms with Crippen molar-refractivity contribution in [2.75, 3.05) is 5.32 Å². The van der Waals surface area contributed by atoms with E-state index in [9.17, 15) is 14.4 Å². The molecule has 1 unspecified atom stereocenters. The summed E-state index contributed by atoms with van der Waals surface area (Å²) in [6.07, 6.45) is 2.70. The molecule has 1 atom stereocenters. The Morgan fingerprint density at radius 3 is 2.73 bits per heavy atom. The van der Waals surface area contributed by atoms with Crippen molar-refractivity contribution < 1.29 is 14.4 Å². The molecule has 0 spiro atoms. The molecular weight excluding hydrogens is 380 g/mol. The lowest BCUT2D eigenvalue weighted by Gasteiger charge is -2.22. The number of pyridine rings is 1. The van der Waals surface area contributed by atoms with Gasteiger partial charge in [0.2, 0.25) is 0 Å². The minimum absolute atomic E-state index is 0.200. The average molecular weight is 400 g/mol. The number of imide groups is 1. The summed E-state index contributed by atoms with van der Waals surface area (Å²) >= 11 is 0. The van der Waals surface area contributed by atoms with Gasteiger partial charge in [-0.1, -0.05) is 30.3 Å². The third-order valence-corrected chi connectivity index (χ3v) is 5.89. The Morgan fingerprint density at radius 1 is 1.10 bits per heavy atom. The highest BCUT2D eigenvalue weighted by atomic mass is 16.2. The van der Waals surface area contributed by atoms with E-state index in [4.69, 9.17) is 4.98 Å². The van der Waals surface area contributed by atoms with Gasteiger partial charge in [-0.25, -0.2) is 4.79 Å². The Hall–Kier alpha value is -3.74. The highest BCUT2D eigenvalue weighted by molar-refractivity contribution is 6.14. The third-order valence-electron chi connectivity index (χ3n) is 5.89. The molecule has 1 aromatic heterocycles. The maximum absolute atomic E-state index is 13.3. The van der Waals surface area contributed by atoms with Gasteiger partial charge in [0.15, 0.2) is 0 Å². The Balaban J connectivity index is 1.52. The van der Waals surface area contributed by atoms with Crippen LogP contribution in [0.3, 0.4) is 0 Å². The Kier molecular flexibility index (Phi) is 4.06. The summed E-state index contributed by atoms with van der Waals surface area (Å²) in [5, 5.41) is 8.71. The summed E-state index contributed by atoms with van der Waals surface area (Å²) in [6, 6.07) is 14.1. The zero-order valence-corrected chi connectivity index (χ0v) is 16.4. The van der Waals surface area contributed by atoms with E-state index in [2.05, 4.69) is 16.0 Å². The number of nitrogens with zero attached hydrogens (tertiary/aromatic N) is 1. The number of benzene rings is 2. The summed E-state index contributed by atoms with van der Waals surface area (Å²) in [7, 11) is 0. The van der Waals surface area contributed by atoms with Gasteiger partial charge < -0.3 is 10.6 Å². The molecule has 7 heteroatoms. The molecule has 0 bridgehead atoms. The van der Waals surface area contributed by atoms with Gasteiger partial charge in [-0.05, 0) is 55.5 Å². The summed E-state index contributed by atoms with van der Waals surface area (Å²) < 4.78 is 0. The van der Waals surface area contributed by atoms with E-state index in [-0.39, 0.29) is 5.91 Å². The van der Waals surface area contributed by atoms with E-state index >= 15 is 0 Å². The predicted octanol–water partition coefficient (Wildman–Crippen LogP) is 3.03. The second-order valence-electron chi connectivity index (χ2n) is 7.85. The van der Waals surface area contributed by atoms with Crippen LogP contribution in [-0.4, -0.2) is 22.8 Å². The fourth-order valence-corrected chi connectivity index (χ4v) is 4.32. The lowest BCUT2D eigenvalue weighted by Crippen LogP contribution is -2.40. The maximum Gasteiger partial charge on any atom is 0.322 e. The summed E-state index contributed by atoms with van der Waals surface area (Å²) in [6.45, 7) is 1.64. The van der Waals surface area contributed by atoms with E-state index < -0.39 is 17.5 Å². The first-order valence-electron chi connectivity index (χ1n) is 9.92. The average Bonchev–Trinajstić information content (AvgIpc) is 3.29. The van der Waals surface area contributed by atoms with Crippen LogP contribution in [0, 0.1) is 0 Å². The number of nitrogens with one attached hydrogen (secondary N) is 3. The zero-order chi connectivity index (χ0) is 20.9. The number of aryl methyl sites for hydroxylation is 1. The second kappa shape index (κ2) is 6.66. The Labute approximate surface area is 172 Å². The largest absolute Gasteiger partial charge is 0.322 e. The minimum atomic E-state index is -1.18. The summed E-state index contributed by atoms with van der Waals surface area (Å²) in [5.74, 6) is -0.622. The van der Waals surface area contributed by atoms with Crippen molar-refractivity contribution >= 4 is 34.4 Å². The predicted molar refractivity (Wildman–Crippen MR) is 112 cm³/mol. The fraction of sp³-hybridized carbons (Fsp3) is 0.217. The van der Waals surface area contributed by atoms with Crippen LogP contribution in [0.4, 0.5) is 10.5 Å². The number of aromatic nitrogens is 1. The molecule has 2 aliphatic rings. The molecule has 2 heterocycles. The number of urea groups is 1. The van der Waals surface area contributed by atoms with E-state index in [1.165, 1.54) is 0 Å². The number of amides is 4. The molecule has 3 aromatic rings. The molecule has 1 fully saturated rings. The number of hydrogen-bond donors (Lipinski definition) is 3. The second-order valence-corrected chi connectivity index (χ2v) is 7.85. The monoisotopic (exact) mass is 400 g/mol. The molecule has 3 N–H and O–H groups in total. The smallest absolute Gasteiger partial charge is 0.322 e. The van der Waals surface area contributed by atoms with Crippen molar-refractivity contribution in [3.05, 3.63) is 70.9 Å². The van der Waals surface area contributed by atoms with Gasteiger partial charge in [-0.15, -0.1) is 0 Å². The van der Waals surface area contributed by atoms with Gasteiger partial charge in [-0.3, -0.25) is 19.9 Å². The topological polar surface area (TPSA) is 100 Å². The summed E-state index contributed by atoms with van der Waals surface area (Å²) in [5.41, 5.74) is 3.45. The molecule has 0 radical (unpaired) electrons. The molecular formula is C23H20N4O3. The number of rotatable bonds is 3. The maximum atomic E-state index is 13.3. The number of carbonyl (C=O) groups is 3. The molecule has 1 saturated heterocycles. The van der Waals surface area contributed by atoms with Gasteiger partial charge in [-0.2, -0.15) is 0 Å². The highest BCUT2D eigenvalue weighted by Gasteiger charge is 2.43. The SMILES string of the molecule is CC1(c2cccc(NC(=O)c3c4c(nc5ccccc35)CCC4)c2)NC(=O)NC1=O.